The summed E-state index contributed by atoms with van der Waals surface area (Å²) in [7, 11) is 1.69. The van der Waals surface area contributed by atoms with Crippen LogP contribution in [0.5, 0.6) is 0 Å². The van der Waals surface area contributed by atoms with E-state index in [4.69, 9.17) is 0 Å². The molecule has 1 amide bonds. The summed E-state index contributed by atoms with van der Waals surface area (Å²) in [5, 5.41) is 4.31. The van der Waals surface area contributed by atoms with E-state index in [9.17, 15) is 9.59 Å². The molecule has 9 heteroatoms. The quantitative estimate of drug-likeness (QED) is 0.609. The first kappa shape index (κ1) is 18.2. The van der Waals surface area contributed by atoms with Gasteiger partial charge in [-0.2, -0.15) is 4.98 Å². The van der Waals surface area contributed by atoms with Gasteiger partial charge >= 0.3 is 0 Å². The number of thiazole rings is 1. The van der Waals surface area contributed by atoms with Gasteiger partial charge in [0.05, 0.1) is 5.75 Å². The average Bonchev–Trinajstić information content (AvgIpc) is 3.25. The highest BCUT2D eigenvalue weighted by Gasteiger charge is 2.20. The van der Waals surface area contributed by atoms with Crippen LogP contribution in [0, 0.1) is 0 Å². The van der Waals surface area contributed by atoms with Crippen molar-refractivity contribution >= 4 is 44.5 Å². The molecule has 1 aliphatic rings. The first-order valence-electron chi connectivity index (χ1n) is 8.54. The van der Waals surface area contributed by atoms with Gasteiger partial charge in [-0.15, -0.1) is 0 Å². The summed E-state index contributed by atoms with van der Waals surface area (Å²) in [6.07, 6.45) is 3.21. The van der Waals surface area contributed by atoms with Crippen LogP contribution in [0.15, 0.2) is 9.95 Å². The van der Waals surface area contributed by atoms with Crippen LogP contribution >= 0.6 is 23.1 Å². The number of rotatable bonds is 6. The lowest BCUT2D eigenvalue weighted by molar-refractivity contribution is -0.119. The molecule has 1 saturated heterocycles. The molecule has 3 heterocycles. The first-order valence-corrected chi connectivity index (χ1v) is 10.3. The molecule has 1 N–H and O–H groups in total. The van der Waals surface area contributed by atoms with Gasteiger partial charge in [0.2, 0.25) is 5.91 Å². The molecule has 0 aliphatic carbocycles. The largest absolute Gasteiger partial charge is 0.353 e. The Labute approximate surface area is 154 Å². The minimum absolute atomic E-state index is 0.0512. The predicted octanol–water partition coefficient (Wildman–Crippen LogP) is 2.00. The number of carbonyl (C=O) groups is 1. The summed E-state index contributed by atoms with van der Waals surface area (Å²) < 4.78 is 2.09. The van der Waals surface area contributed by atoms with Crippen molar-refractivity contribution in [2.24, 2.45) is 7.05 Å². The first-order chi connectivity index (χ1) is 12.0. The lowest BCUT2D eigenvalue weighted by atomic mass is 10.3. The van der Waals surface area contributed by atoms with E-state index in [2.05, 4.69) is 20.2 Å². The van der Waals surface area contributed by atoms with Crippen LogP contribution in [0.3, 0.4) is 0 Å². The van der Waals surface area contributed by atoms with Crippen LogP contribution in [0.2, 0.25) is 0 Å². The predicted molar refractivity (Wildman–Crippen MR) is 103 cm³/mol. The molecule has 0 bridgehead atoms. The Hall–Kier alpha value is -1.61. The molecule has 136 valence electrons. The summed E-state index contributed by atoms with van der Waals surface area (Å²) in [5.41, 5.74) is 0.387. The second-order valence-corrected chi connectivity index (χ2v) is 8.19. The zero-order valence-corrected chi connectivity index (χ0v) is 16.4. The number of hydrogen-bond acceptors (Lipinski definition) is 7. The van der Waals surface area contributed by atoms with E-state index in [1.165, 1.54) is 27.7 Å². The SMILES string of the molecule is CC[C@H](C)NC(=O)CSc1nc2nc(N3CCCC3)sc2c(=O)n1C. The van der Waals surface area contributed by atoms with Gasteiger partial charge < -0.3 is 10.2 Å². The van der Waals surface area contributed by atoms with Gasteiger partial charge in [0.15, 0.2) is 15.9 Å². The zero-order valence-electron chi connectivity index (χ0n) is 14.7. The lowest BCUT2D eigenvalue weighted by Gasteiger charge is -2.11. The third-order valence-electron chi connectivity index (χ3n) is 4.31. The third kappa shape index (κ3) is 3.98. The minimum atomic E-state index is -0.0993. The van der Waals surface area contributed by atoms with Crippen LogP contribution in [-0.4, -0.2) is 45.3 Å². The van der Waals surface area contributed by atoms with E-state index in [-0.39, 0.29) is 23.3 Å². The Morgan fingerprint density at radius 1 is 1.36 bits per heavy atom. The molecule has 25 heavy (non-hydrogen) atoms. The van der Waals surface area contributed by atoms with Gasteiger partial charge in [-0.25, -0.2) is 4.98 Å². The second-order valence-electron chi connectivity index (χ2n) is 6.27. The molecule has 0 unspecified atom stereocenters. The molecule has 0 saturated carbocycles. The molecular weight excluding hydrogens is 358 g/mol. The fraction of sp³-hybridized carbons (Fsp3) is 0.625. The fourth-order valence-electron chi connectivity index (χ4n) is 2.64. The summed E-state index contributed by atoms with van der Waals surface area (Å²) in [4.78, 5) is 35.8. The van der Waals surface area contributed by atoms with Gasteiger partial charge in [0.1, 0.15) is 4.70 Å². The van der Waals surface area contributed by atoms with Crippen molar-refractivity contribution in [2.75, 3.05) is 23.7 Å². The van der Waals surface area contributed by atoms with Crippen molar-refractivity contribution in [1.82, 2.24) is 19.9 Å². The number of nitrogens with zero attached hydrogens (tertiary/aromatic N) is 4. The van der Waals surface area contributed by atoms with Crippen LogP contribution < -0.4 is 15.8 Å². The Morgan fingerprint density at radius 2 is 2.08 bits per heavy atom. The van der Waals surface area contributed by atoms with Crippen molar-refractivity contribution in [3.8, 4) is 0 Å². The van der Waals surface area contributed by atoms with Gasteiger partial charge in [-0.1, -0.05) is 30.0 Å². The highest BCUT2D eigenvalue weighted by atomic mass is 32.2. The Kier molecular flexibility index (Phi) is 5.63. The van der Waals surface area contributed by atoms with E-state index >= 15 is 0 Å². The van der Waals surface area contributed by atoms with Crippen LogP contribution in [0.4, 0.5) is 5.13 Å². The van der Waals surface area contributed by atoms with Crippen molar-refractivity contribution < 1.29 is 4.79 Å². The van der Waals surface area contributed by atoms with Crippen molar-refractivity contribution in [2.45, 2.75) is 44.3 Å². The number of aromatic nitrogens is 3. The standard InChI is InChI=1S/C16H23N5O2S2/c1-4-10(2)17-11(22)9-24-15-18-13-12(14(23)20(15)3)25-16(19-13)21-7-5-6-8-21/h10H,4-9H2,1-3H3,(H,17,22)/t10-/m0/s1. The van der Waals surface area contributed by atoms with Crippen molar-refractivity contribution in [3.05, 3.63) is 10.4 Å². The average molecular weight is 382 g/mol. The molecule has 0 spiro atoms. The molecule has 7 nitrogen and oxygen atoms in total. The Bertz CT molecular complexity index is 826. The minimum Gasteiger partial charge on any atom is -0.353 e. The smallest absolute Gasteiger partial charge is 0.273 e. The Balaban J connectivity index is 1.80. The number of fused-ring (bicyclic) bond motifs is 1. The summed E-state index contributed by atoms with van der Waals surface area (Å²) in [5.74, 6) is 0.184. The highest BCUT2D eigenvalue weighted by molar-refractivity contribution is 7.99. The van der Waals surface area contributed by atoms with Crippen LogP contribution in [-0.2, 0) is 11.8 Å². The molecular formula is C16H23N5O2S2. The normalized spacial score (nSPS) is 15.7. The van der Waals surface area contributed by atoms with E-state index in [1.54, 1.807) is 7.05 Å². The molecule has 2 aromatic heterocycles. The van der Waals surface area contributed by atoms with E-state index in [0.29, 0.717) is 15.5 Å². The van der Waals surface area contributed by atoms with Crippen molar-refractivity contribution in [1.29, 1.82) is 0 Å². The third-order valence-corrected chi connectivity index (χ3v) is 6.44. The summed E-state index contributed by atoms with van der Waals surface area (Å²) >= 11 is 2.68. The van der Waals surface area contributed by atoms with Gasteiger partial charge in [0.25, 0.3) is 5.56 Å². The number of thioether (sulfide) groups is 1. The van der Waals surface area contributed by atoms with E-state index in [1.807, 2.05) is 13.8 Å². The van der Waals surface area contributed by atoms with Gasteiger partial charge in [-0.3, -0.25) is 14.2 Å². The highest BCUT2D eigenvalue weighted by Crippen LogP contribution is 2.29. The number of carbonyl (C=O) groups excluding carboxylic acids is 1. The van der Waals surface area contributed by atoms with E-state index < -0.39 is 0 Å². The molecule has 1 atom stereocenters. The topological polar surface area (TPSA) is 80.1 Å². The maximum Gasteiger partial charge on any atom is 0.273 e. The maximum absolute atomic E-state index is 12.6. The lowest BCUT2D eigenvalue weighted by Crippen LogP contribution is -2.33. The zero-order chi connectivity index (χ0) is 18.0. The van der Waals surface area contributed by atoms with Crippen LogP contribution in [0.1, 0.15) is 33.1 Å². The van der Waals surface area contributed by atoms with Gasteiger partial charge in [0, 0.05) is 26.2 Å². The number of anilines is 1. The van der Waals surface area contributed by atoms with Crippen molar-refractivity contribution in [3.63, 3.8) is 0 Å². The number of hydrogen-bond donors (Lipinski definition) is 1. The molecule has 3 rings (SSSR count). The van der Waals surface area contributed by atoms with E-state index in [0.717, 1.165) is 37.5 Å². The fourth-order valence-corrected chi connectivity index (χ4v) is 4.45. The molecule has 0 aromatic carbocycles. The molecule has 0 radical (unpaired) electrons. The van der Waals surface area contributed by atoms with Gasteiger partial charge in [-0.05, 0) is 26.2 Å². The summed E-state index contributed by atoms with van der Waals surface area (Å²) in [6.45, 7) is 5.96. The summed E-state index contributed by atoms with van der Waals surface area (Å²) in [6, 6.07) is 0.147. The second kappa shape index (κ2) is 7.74. The van der Waals surface area contributed by atoms with Crippen LogP contribution in [0.25, 0.3) is 10.3 Å². The monoisotopic (exact) mass is 381 g/mol. The maximum atomic E-state index is 12.6. The number of amides is 1. The number of nitrogens with one attached hydrogen (secondary N) is 1. The molecule has 2 aromatic rings. The molecule has 1 aliphatic heterocycles. The Morgan fingerprint density at radius 3 is 2.76 bits per heavy atom. The molecule has 1 fully saturated rings.